The van der Waals surface area contributed by atoms with E-state index in [1.54, 1.807) is 19.1 Å². The van der Waals surface area contributed by atoms with E-state index in [2.05, 4.69) is 4.98 Å². The van der Waals surface area contributed by atoms with Crippen LogP contribution in [0.4, 0.5) is 0 Å². The molecule has 18 heavy (non-hydrogen) atoms. The first-order chi connectivity index (χ1) is 8.54. The van der Waals surface area contributed by atoms with Crippen LogP contribution in [0.25, 0.3) is 10.9 Å². The number of hydrogen-bond donors (Lipinski definition) is 1. The summed E-state index contributed by atoms with van der Waals surface area (Å²) < 4.78 is 5.40. The minimum absolute atomic E-state index is 0.130. The fraction of sp³-hybridized carbons (Fsp3) is 0.167. The number of halogens is 2. The van der Waals surface area contributed by atoms with Gasteiger partial charge in [0.15, 0.2) is 5.69 Å². The fourth-order valence-electron chi connectivity index (χ4n) is 1.61. The zero-order valence-electron chi connectivity index (χ0n) is 9.41. The van der Waals surface area contributed by atoms with E-state index in [1.807, 2.05) is 0 Å². The van der Waals surface area contributed by atoms with Crippen LogP contribution >= 0.6 is 23.2 Å². The minimum atomic E-state index is -1.14. The van der Waals surface area contributed by atoms with Crippen LogP contribution in [0.15, 0.2) is 18.2 Å². The van der Waals surface area contributed by atoms with Gasteiger partial charge in [0, 0.05) is 6.07 Å². The Balaban J connectivity index is 2.84. The molecule has 4 nitrogen and oxygen atoms in total. The molecule has 0 aliphatic rings. The van der Waals surface area contributed by atoms with E-state index in [0.717, 1.165) is 0 Å². The highest BCUT2D eigenvalue weighted by Gasteiger charge is 2.16. The lowest BCUT2D eigenvalue weighted by Gasteiger charge is -2.10. The summed E-state index contributed by atoms with van der Waals surface area (Å²) >= 11 is 12.1. The molecule has 1 heterocycles. The van der Waals surface area contributed by atoms with Crippen molar-refractivity contribution in [3.05, 3.63) is 33.9 Å². The van der Waals surface area contributed by atoms with Crippen molar-refractivity contribution in [3.63, 3.8) is 0 Å². The quantitative estimate of drug-likeness (QED) is 0.935. The Bertz CT molecular complexity index is 628. The number of carbonyl (C=O) groups is 1. The molecule has 0 unspecified atom stereocenters. The fourth-order valence-corrected chi connectivity index (χ4v) is 2.06. The van der Waals surface area contributed by atoms with Crippen molar-refractivity contribution in [2.75, 3.05) is 6.61 Å². The topological polar surface area (TPSA) is 59.4 Å². The smallest absolute Gasteiger partial charge is 0.354 e. The van der Waals surface area contributed by atoms with Crippen molar-refractivity contribution in [1.82, 2.24) is 4.98 Å². The third kappa shape index (κ3) is 2.21. The molecule has 0 fully saturated rings. The van der Waals surface area contributed by atoms with Crippen molar-refractivity contribution in [2.24, 2.45) is 0 Å². The average molecular weight is 286 g/mol. The van der Waals surface area contributed by atoms with Gasteiger partial charge in [0.05, 0.1) is 27.6 Å². The van der Waals surface area contributed by atoms with Gasteiger partial charge >= 0.3 is 5.97 Å². The molecule has 1 aromatic heterocycles. The molecule has 0 aliphatic heterocycles. The molecule has 0 bridgehead atoms. The van der Waals surface area contributed by atoms with Gasteiger partial charge in [-0.05, 0) is 19.1 Å². The number of aromatic carboxylic acids is 1. The van der Waals surface area contributed by atoms with Crippen LogP contribution in [-0.4, -0.2) is 22.7 Å². The van der Waals surface area contributed by atoms with Crippen LogP contribution in [0.1, 0.15) is 17.4 Å². The maximum Gasteiger partial charge on any atom is 0.354 e. The molecule has 2 rings (SSSR count). The van der Waals surface area contributed by atoms with E-state index in [-0.39, 0.29) is 5.69 Å². The summed E-state index contributed by atoms with van der Waals surface area (Å²) in [4.78, 5) is 15.0. The molecule has 0 atom stereocenters. The summed E-state index contributed by atoms with van der Waals surface area (Å²) in [6, 6.07) is 4.54. The van der Waals surface area contributed by atoms with Crippen molar-refractivity contribution in [3.8, 4) is 5.75 Å². The van der Waals surface area contributed by atoms with Gasteiger partial charge in [-0.1, -0.05) is 23.2 Å². The van der Waals surface area contributed by atoms with Gasteiger partial charge in [-0.15, -0.1) is 0 Å². The number of fused-ring (bicyclic) bond motifs is 1. The van der Waals surface area contributed by atoms with Crippen molar-refractivity contribution in [2.45, 2.75) is 6.92 Å². The van der Waals surface area contributed by atoms with E-state index in [4.69, 9.17) is 33.0 Å². The molecular weight excluding hydrogens is 277 g/mol. The zero-order chi connectivity index (χ0) is 13.3. The van der Waals surface area contributed by atoms with Crippen LogP contribution in [0.2, 0.25) is 10.0 Å². The Morgan fingerprint density at radius 1 is 1.39 bits per heavy atom. The van der Waals surface area contributed by atoms with E-state index >= 15 is 0 Å². The second-order valence-electron chi connectivity index (χ2n) is 3.50. The summed E-state index contributed by atoms with van der Waals surface area (Å²) in [5.74, 6) is -0.777. The molecule has 2 aromatic rings. The number of aromatic nitrogens is 1. The Labute approximate surface area is 113 Å². The van der Waals surface area contributed by atoms with Gasteiger partial charge in [-0.25, -0.2) is 9.78 Å². The first-order valence-electron chi connectivity index (χ1n) is 5.19. The van der Waals surface area contributed by atoms with Crippen molar-refractivity contribution >= 4 is 40.1 Å². The first-order valence-corrected chi connectivity index (χ1v) is 5.95. The zero-order valence-corrected chi connectivity index (χ0v) is 10.9. The SMILES string of the molecule is CCOc1cc(C(=O)O)nc2c(Cl)ccc(Cl)c12. The van der Waals surface area contributed by atoms with Crippen molar-refractivity contribution in [1.29, 1.82) is 0 Å². The molecule has 0 spiro atoms. The Hall–Kier alpha value is -1.52. The number of carboxylic acid groups (broad SMARTS) is 1. The van der Waals surface area contributed by atoms with Crippen molar-refractivity contribution < 1.29 is 14.6 Å². The maximum absolute atomic E-state index is 11.0. The Morgan fingerprint density at radius 3 is 2.67 bits per heavy atom. The third-order valence-corrected chi connectivity index (χ3v) is 2.96. The van der Waals surface area contributed by atoms with E-state index in [9.17, 15) is 4.79 Å². The first kappa shape index (κ1) is 12.9. The average Bonchev–Trinajstić information content (AvgIpc) is 2.33. The predicted molar refractivity (Wildman–Crippen MR) is 69.9 cm³/mol. The number of carboxylic acids is 1. The lowest BCUT2D eigenvalue weighted by atomic mass is 10.1. The largest absolute Gasteiger partial charge is 0.493 e. The van der Waals surface area contributed by atoms with E-state index in [1.165, 1.54) is 6.07 Å². The maximum atomic E-state index is 11.0. The number of pyridine rings is 1. The summed E-state index contributed by atoms with van der Waals surface area (Å²) in [6.45, 7) is 2.19. The standard InChI is InChI=1S/C12H9Cl2NO3/c1-2-18-9-5-8(12(16)17)15-11-7(14)4-3-6(13)10(9)11/h3-5H,2H2,1H3,(H,16,17). The molecule has 0 amide bonds. The van der Waals surface area contributed by atoms with Gasteiger partial charge in [-0.3, -0.25) is 0 Å². The number of ether oxygens (including phenoxy) is 1. The summed E-state index contributed by atoms with van der Waals surface area (Å²) in [5, 5.41) is 10.3. The van der Waals surface area contributed by atoms with Crippen LogP contribution in [0.3, 0.4) is 0 Å². The molecule has 0 saturated heterocycles. The lowest BCUT2D eigenvalue weighted by molar-refractivity contribution is 0.0690. The summed E-state index contributed by atoms with van der Waals surface area (Å²) in [7, 11) is 0. The van der Waals surface area contributed by atoms with E-state index in [0.29, 0.717) is 33.3 Å². The van der Waals surface area contributed by atoms with Crippen LogP contribution < -0.4 is 4.74 Å². The molecule has 0 saturated carbocycles. The predicted octanol–water partition coefficient (Wildman–Crippen LogP) is 3.64. The molecule has 1 aromatic carbocycles. The molecule has 0 radical (unpaired) electrons. The van der Waals surface area contributed by atoms with Gasteiger partial charge < -0.3 is 9.84 Å². The van der Waals surface area contributed by atoms with Crippen LogP contribution in [0, 0.1) is 0 Å². The lowest BCUT2D eigenvalue weighted by Crippen LogP contribution is -2.03. The van der Waals surface area contributed by atoms with Gasteiger partial charge in [0.25, 0.3) is 0 Å². The summed E-state index contributed by atoms with van der Waals surface area (Å²) in [5.41, 5.74) is 0.197. The van der Waals surface area contributed by atoms with E-state index < -0.39 is 5.97 Å². The number of hydrogen-bond acceptors (Lipinski definition) is 3. The highest BCUT2D eigenvalue weighted by atomic mass is 35.5. The summed E-state index contributed by atoms with van der Waals surface area (Å²) in [6.07, 6.45) is 0. The number of nitrogens with zero attached hydrogens (tertiary/aromatic N) is 1. The molecular formula is C12H9Cl2NO3. The molecule has 1 N–H and O–H groups in total. The second-order valence-corrected chi connectivity index (χ2v) is 4.31. The monoisotopic (exact) mass is 285 g/mol. The highest BCUT2D eigenvalue weighted by molar-refractivity contribution is 6.40. The molecule has 94 valence electrons. The van der Waals surface area contributed by atoms with Gasteiger partial charge in [-0.2, -0.15) is 0 Å². The Kier molecular flexibility index (Phi) is 3.59. The van der Waals surface area contributed by atoms with Gasteiger partial charge in [0.2, 0.25) is 0 Å². The van der Waals surface area contributed by atoms with Crippen LogP contribution in [0.5, 0.6) is 5.75 Å². The molecule has 6 heteroatoms. The highest BCUT2D eigenvalue weighted by Crippen LogP contribution is 2.35. The minimum Gasteiger partial charge on any atom is -0.493 e. The third-order valence-electron chi connectivity index (χ3n) is 2.34. The number of rotatable bonds is 3. The molecule has 0 aliphatic carbocycles. The van der Waals surface area contributed by atoms with Crippen LogP contribution in [-0.2, 0) is 0 Å². The Morgan fingerprint density at radius 2 is 2.06 bits per heavy atom. The number of benzene rings is 1. The normalized spacial score (nSPS) is 10.6. The van der Waals surface area contributed by atoms with Gasteiger partial charge in [0.1, 0.15) is 5.75 Å². The second kappa shape index (κ2) is 5.00.